The first-order valence-corrected chi connectivity index (χ1v) is 8.88. The van der Waals surface area contributed by atoms with Crippen molar-refractivity contribution in [2.75, 3.05) is 0 Å². The maximum absolute atomic E-state index is 8.07. The standard InChI is InChI=1S/C6H6N5.2ClH.Pt/c7-4-6-3-5(10-11-8)1-2-9-6;;;/h1-3,7H,4H2;2*1H;/q-1;;;+2/p-2. The first-order chi connectivity index (χ1) is 6.78. The fourth-order valence-electron chi connectivity index (χ4n) is 0.676. The Bertz CT molecular complexity index is 315. The van der Waals surface area contributed by atoms with Crippen molar-refractivity contribution in [3.8, 4) is 0 Å². The van der Waals surface area contributed by atoms with Gasteiger partial charge in [0, 0.05) is 22.5 Å². The molecule has 80 valence electrons. The Morgan fingerprint density at radius 2 is 2.29 bits per heavy atom. The van der Waals surface area contributed by atoms with Crippen LogP contribution in [0.15, 0.2) is 23.4 Å². The van der Waals surface area contributed by atoms with Crippen LogP contribution >= 0.6 is 18.8 Å². The molecule has 8 heteroatoms. The smallest absolute Gasteiger partial charge is 0.0408 e. The number of aromatic nitrogens is 1. The van der Waals surface area contributed by atoms with E-state index in [1.54, 1.807) is 12.1 Å². The Kier molecular flexibility index (Phi) is 9.05. The van der Waals surface area contributed by atoms with Crippen LogP contribution in [-0.2, 0) is 23.0 Å². The van der Waals surface area contributed by atoms with Crippen LogP contribution in [0.4, 0.5) is 5.69 Å². The molecule has 1 aromatic rings. The van der Waals surface area contributed by atoms with Crippen LogP contribution < -0.4 is 0 Å². The molecular formula is C6H6Cl2N5Pt-. The molecule has 0 atom stereocenters. The first-order valence-electron chi connectivity index (χ1n) is 3.25. The quantitative estimate of drug-likeness (QED) is 0.410. The maximum atomic E-state index is 8.07. The van der Waals surface area contributed by atoms with Gasteiger partial charge in [-0.3, -0.25) is 4.98 Å². The molecule has 1 rings (SSSR count). The van der Waals surface area contributed by atoms with Gasteiger partial charge in [-0.1, -0.05) is 5.11 Å². The van der Waals surface area contributed by atoms with E-state index in [4.69, 9.17) is 30.1 Å². The summed E-state index contributed by atoms with van der Waals surface area (Å²) < 4.78 is 0. The molecule has 0 bridgehead atoms. The molecule has 5 nitrogen and oxygen atoms in total. The summed E-state index contributed by atoms with van der Waals surface area (Å²) in [5, 5.41) is 3.37. The Labute approximate surface area is 97.6 Å². The minimum atomic E-state index is -0.472. The zero-order chi connectivity index (χ0) is 10.8. The summed E-state index contributed by atoms with van der Waals surface area (Å²) >= 11 is -0.472. The van der Waals surface area contributed by atoms with E-state index in [9.17, 15) is 0 Å². The molecule has 0 aromatic carbocycles. The van der Waals surface area contributed by atoms with Crippen molar-refractivity contribution >= 4 is 24.5 Å². The zero-order valence-corrected chi connectivity index (χ0v) is 10.6. The van der Waals surface area contributed by atoms with Gasteiger partial charge in [-0.15, -0.1) is 6.54 Å². The van der Waals surface area contributed by atoms with Gasteiger partial charge in [-0.2, -0.15) is 0 Å². The van der Waals surface area contributed by atoms with Crippen molar-refractivity contribution in [1.29, 1.82) is 0 Å². The Morgan fingerprint density at radius 3 is 2.79 bits per heavy atom. The minimum absolute atomic E-state index is 0.106. The number of halogens is 2. The molecule has 0 saturated heterocycles. The first kappa shape index (κ1) is 13.7. The van der Waals surface area contributed by atoms with Crippen LogP contribution in [0.2, 0.25) is 0 Å². The summed E-state index contributed by atoms with van der Waals surface area (Å²) in [4.78, 5) is 6.49. The van der Waals surface area contributed by atoms with Gasteiger partial charge in [0.25, 0.3) is 0 Å². The third-order valence-electron chi connectivity index (χ3n) is 1.14. The van der Waals surface area contributed by atoms with Gasteiger partial charge in [0.05, 0.1) is 0 Å². The number of azide groups is 1. The number of pyridine rings is 1. The fourth-order valence-corrected chi connectivity index (χ4v) is 0.676. The van der Waals surface area contributed by atoms with Crippen LogP contribution in [0.5, 0.6) is 0 Å². The second-order valence-corrected chi connectivity index (χ2v) is 5.20. The molecule has 0 aliphatic carbocycles. The predicted molar refractivity (Wildman–Crippen MR) is 52.8 cm³/mol. The van der Waals surface area contributed by atoms with Crippen LogP contribution in [-0.4, -0.2) is 4.98 Å². The van der Waals surface area contributed by atoms with E-state index in [0.717, 1.165) is 0 Å². The summed E-state index contributed by atoms with van der Waals surface area (Å²) in [5.41, 5.74) is 16.2. The average molecular weight is 414 g/mol. The summed E-state index contributed by atoms with van der Waals surface area (Å²) in [7, 11) is 9.75. The molecule has 14 heavy (non-hydrogen) atoms. The van der Waals surface area contributed by atoms with Gasteiger partial charge < -0.3 is 5.73 Å². The van der Waals surface area contributed by atoms with Crippen molar-refractivity contribution < 1.29 is 16.5 Å². The fraction of sp³-hybridized carbons (Fsp3) is 0.167. The molecule has 0 saturated carbocycles. The Balaban J connectivity index is 0.000000500. The van der Waals surface area contributed by atoms with E-state index >= 15 is 0 Å². The molecule has 0 spiro atoms. The molecule has 0 aliphatic rings. The van der Waals surface area contributed by atoms with Gasteiger partial charge in [-0.25, -0.2) is 0 Å². The number of hydrogen-bond donors (Lipinski definition) is 0. The zero-order valence-electron chi connectivity index (χ0n) is 6.80. The SMILES string of the molecule is [Cl][Pt][Cl].[N-]=[N+]=Nc1ccnc(C[NH-])c1. The maximum Gasteiger partial charge on any atom is 0.0408 e. The van der Waals surface area contributed by atoms with Crippen LogP contribution in [0, 0.1) is 0 Å². The number of nitrogens with one attached hydrogen (secondary N) is 1. The van der Waals surface area contributed by atoms with E-state index in [2.05, 4.69) is 15.0 Å². The average Bonchev–Trinajstić information content (AvgIpc) is 2.20. The monoisotopic (exact) mass is 413 g/mol. The second kappa shape index (κ2) is 9.25. The van der Waals surface area contributed by atoms with Crippen LogP contribution in [0.3, 0.4) is 0 Å². The largest absolute Gasteiger partial charge is 0.672 e. The minimum Gasteiger partial charge on any atom is -0.672 e. The van der Waals surface area contributed by atoms with E-state index in [-0.39, 0.29) is 6.54 Å². The molecule has 0 radical (unpaired) electrons. The molecule has 0 fully saturated rings. The van der Waals surface area contributed by atoms with Gasteiger partial charge in [0.15, 0.2) is 0 Å². The van der Waals surface area contributed by atoms with Crippen molar-refractivity contribution in [1.82, 2.24) is 4.98 Å². The van der Waals surface area contributed by atoms with E-state index in [1.165, 1.54) is 6.20 Å². The topological polar surface area (TPSA) is 85.5 Å². The summed E-state index contributed by atoms with van der Waals surface area (Å²) in [5.74, 6) is 0. The van der Waals surface area contributed by atoms with Gasteiger partial charge in [0.2, 0.25) is 0 Å². The second-order valence-electron chi connectivity index (χ2n) is 1.92. The van der Waals surface area contributed by atoms with Gasteiger partial charge >= 0.3 is 35.3 Å². The summed E-state index contributed by atoms with van der Waals surface area (Å²) in [6.45, 7) is 0.106. The molecule has 0 unspecified atom stereocenters. The third-order valence-corrected chi connectivity index (χ3v) is 1.14. The predicted octanol–water partition coefficient (Wildman–Crippen LogP) is 3.95. The summed E-state index contributed by atoms with van der Waals surface area (Å²) in [6, 6.07) is 3.19. The molecule has 1 heterocycles. The van der Waals surface area contributed by atoms with Crippen molar-refractivity contribution in [2.45, 2.75) is 6.54 Å². The number of rotatable bonds is 2. The van der Waals surface area contributed by atoms with Crippen molar-refractivity contribution in [2.24, 2.45) is 5.11 Å². The van der Waals surface area contributed by atoms with E-state index < -0.39 is 16.5 Å². The van der Waals surface area contributed by atoms with E-state index in [1.807, 2.05) is 0 Å². The number of nitrogens with zero attached hydrogens (tertiary/aromatic N) is 4. The number of hydrogen-bond acceptors (Lipinski definition) is 2. The molecule has 0 amide bonds. The van der Waals surface area contributed by atoms with Crippen LogP contribution in [0.1, 0.15) is 5.69 Å². The molecule has 1 aromatic heterocycles. The van der Waals surface area contributed by atoms with Gasteiger partial charge in [0.1, 0.15) is 0 Å². The Hall–Kier alpha value is -0.312. The van der Waals surface area contributed by atoms with Crippen molar-refractivity contribution in [3.05, 3.63) is 40.2 Å². The molecular weight excluding hydrogens is 408 g/mol. The van der Waals surface area contributed by atoms with Crippen LogP contribution in [0.25, 0.3) is 16.2 Å². The van der Waals surface area contributed by atoms with E-state index in [0.29, 0.717) is 11.4 Å². The van der Waals surface area contributed by atoms with Crippen molar-refractivity contribution in [3.63, 3.8) is 0 Å². The summed E-state index contributed by atoms with van der Waals surface area (Å²) in [6.07, 6.45) is 1.52. The third kappa shape index (κ3) is 6.19. The molecule has 1 N–H and O–H groups in total. The van der Waals surface area contributed by atoms with Gasteiger partial charge in [-0.05, 0) is 17.7 Å². The normalized spacial score (nSPS) is 8.50. The molecule has 0 aliphatic heterocycles. The Morgan fingerprint density at radius 1 is 1.64 bits per heavy atom.